The number of hydrogen-bond acceptors (Lipinski definition) is 2. The minimum Gasteiger partial charge on any atom is -0.314 e. The molecule has 1 unspecified atom stereocenters. The van der Waals surface area contributed by atoms with Gasteiger partial charge < -0.3 is 5.32 Å². The average molecular weight is 294 g/mol. The van der Waals surface area contributed by atoms with Crippen molar-refractivity contribution in [3.05, 3.63) is 57.2 Å². The Hall–Kier alpha value is -0.830. The molecule has 1 aromatic carbocycles. The molecule has 0 spiro atoms. The highest BCUT2D eigenvalue weighted by Gasteiger charge is 2.13. The van der Waals surface area contributed by atoms with Crippen molar-refractivity contribution in [1.29, 1.82) is 0 Å². The van der Waals surface area contributed by atoms with Gasteiger partial charge in [-0.05, 0) is 46.5 Å². The number of benzene rings is 1. The first-order valence-corrected chi connectivity index (χ1v) is 7.97. The Morgan fingerprint density at radius 3 is 2.47 bits per heavy atom. The van der Waals surface area contributed by atoms with E-state index in [4.69, 9.17) is 11.6 Å². The van der Waals surface area contributed by atoms with Crippen LogP contribution in [0.15, 0.2) is 41.1 Å². The van der Waals surface area contributed by atoms with E-state index in [1.54, 1.807) is 11.3 Å². The number of rotatable bonds is 6. The second-order valence-corrected chi connectivity index (χ2v) is 6.36. The molecule has 0 aliphatic carbocycles. The number of nitrogens with one attached hydrogen (secondary N) is 1. The zero-order valence-corrected chi connectivity index (χ0v) is 13.0. The summed E-state index contributed by atoms with van der Waals surface area (Å²) in [5.74, 6) is 0.495. The minimum atomic E-state index is 0.495. The molecule has 0 amide bonds. The van der Waals surface area contributed by atoms with Gasteiger partial charge in [0.2, 0.25) is 0 Å². The molecule has 1 atom stereocenters. The summed E-state index contributed by atoms with van der Waals surface area (Å²) in [6.45, 7) is 5.36. The zero-order chi connectivity index (χ0) is 13.7. The van der Waals surface area contributed by atoms with Crippen molar-refractivity contribution >= 4 is 22.9 Å². The van der Waals surface area contributed by atoms with E-state index in [1.807, 2.05) is 12.1 Å². The summed E-state index contributed by atoms with van der Waals surface area (Å²) in [7, 11) is 0. The summed E-state index contributed by atoms with van der Waals surface area (Å²) in [4.78, 5) is 0. The molecule has 0 bridgehead atoms. The Bertz CT molecular complexity index is 476. The third-order valence-electron chi connectivity index (χ3n) is 3.18. The summed E-state index contributed by atoms with van der Waals surface area (Å²) in [6, 6.07) is 11.0. The zero-order valence-electron chi connectivity index (χ0n) is 11.4. The minimum absolute atomic E-state index is 0.495. The third-order valence-corrected chi connectivity index (χ3v) is 4.16. The number of hydrogen-bond donors (Lipinski definition) is 1. The van der Waals surface area contributed by atoms with Crippen molar-refractivity contribution in [3.8, 4) is 0 Å². The molecule has 19 heavy (non-hydrogen) atoms. The molecule has 0 saturated heterocycles. The second-order valence-electron chi connectivity index (χ2n) is 5.15. The summed E-state index contributed by atoms with van der Waals surface area (Å²) in [5, 5.41) is 8.72. The van der Waals surface area contributed by atoms with Gasteiger partial charge in [-0.15, -0.1) is 0 Å². The summed E-state index contributed by atoms with van der Waals surface area (Å²) in [6.07, 6.45) is 1.07. The van der Waals surface area contributed by atoms with Crippen molar-refractivity contribution in [1.82, 2.24) is 5.32 Å². The monoisotopic (exact) mass is 293 g/mol. The molecule has 3 heteroatoms. The molecule has 0 radical (unpaired) electrons. The van der Waals surface area contributed by atoms with Gasteiger partial charge in [-0.1, -0.05) is 37.6 Å². The van der Waals surface area contributed by atoms with Crippen LogP contribution in [-0.4, -0.2) is 12.6 Å². The van der Waals surface area contributed by atoms with Gasteiger partial charge in [-0.25, -0.2) is 0 Å². The molecule has 1 N–H and O–H groups in total. The second kappa shape index (κ2) is 7.09. The van der Waals surface area contributed by atoms with E-state index in [-0.39, 0.29) is 0 Å². The SMILES string of the molecule is CC(C)NCC(Cc1ccsc1)c1ccc(Cl)cc1. The van der Waals surface area contributed by atoms with Gasteiger partial charge >= 0.3 is 0 Å². The fourth-order valence-electron chi connectivity index (χ4n) is 2.11. The molecular formula is C16H20ClNS. The van der Waals surface area contributed by atoms with Crippen LogP contribution in [0.2, 0.25) is 5.02 Å². The first kappa shape index (κ1) is 14.6. The Kier molecular flexibility index (Phi) is 5.44. The average Bonchev–Trinajstić information content (AvgIpc) is 2.88. The number of thiophene rings is 1. The molecule has 1 heterocycles. The Balaban J connectivity index is 2.11. The van der Waals surface area contributed by atoms with E-state index in [0.29, 0.717) is 12.0 Å². The van der Waals surface area contributed by atoms with Crippen LogP contribution >= 0.6 is 22.9 Å². The maximum absolute atomic E-state index is 5.97. The normalized spacial score (nSPS) is 12.8. The van der Waals surface area contributed by atoms with Gasteiger partial charge in [-0.3, -0.25) is 0 Å². The lowest BCUT2D eigenvalue weighted by molar-refractivity contribution is 0.527. The topological polar surface area (TPSA) is 12.0 Å². The summed E-state index contributed by atoms with van der Waals surface area (Å²) in [5.41, 5.74) is 2.76. The smallest absolute Gasteiger partial charge is 0.0406 e. The van der Waals surface area contributed by atoms with E-state index < -0.39 is 0 Å². The van der Waals surface area contributed by atoms with E-state index in [1.165, 1.54) is 11.1 Å². The maximum atomic E-state index is 5.97. The third kappa shape index (κ3) is 4.64. The Morgan fingerprint density at radius 1 is 1.16 bits per heavy atom. The van der Waals surface area contributed by atoms with Crippen LogP contribution in [0.25, 0.3) is 0 Å². The van der Waals surface area contributed by atoms with Crippen molar-refractivity contribution in [2.24, 2.45) is 0 Å². The van der Waals surface area contributed by atoms with Crippen LogP contribution < -0.4 is 5.32 Å². The summed E-state index contributed by atoms with van der Waals surface area (Å²) >= 11 is 7.73. The van der Waals surface area contributed by atoms with Gasteiger partial charge in [0.25, 0.3) is 0 Å². The molecule has 2 aromatic rings. The standard InChI is InChI=1S/C16H20ClNS/c1-12(2)18-10-15(9-13-7-8-19-11-13)14-3-5-16(17)6-4-14/h3-8,11-12,15,18H,9-10H2,1-2H3. The van der Waals surface area contributed by atoms with E-state index in [9.17, 15) is 0 Å². The van der Waals surface area contributed by atoms with Gasteiger partial charge in [0.15, 0.2) is 0 Å². The van der Waals surface area contributed by atoms with Crippen molar-refractivity contribution in [2.45, 2.75) is 32.2 Å². The largest absolute Gasteiger partial charge is 0.314 e. The molecule has 102 valence electrons. The lowest BCUT2D eigenvalue weighted by Crippen LogP contribution is -2.28. The van der Waals surface area contributed by atoms with Gasteiger partial charge in [0, 0.05) is 23.5 Å². The lowest BCUT2D eigenvalue weighted by atomic mass is 9.93. The maximum Gasteiger partial charge on any atom is 0.0406 e. The van der Waals surface area contributed by atoms with E-state index >= 15 is 0 Å². The molecule has 0 aliphatic rings. The van der Waals surface area contributed by atoms with Gasteiger partial charge in [0.1, 0.15) is 0 Å². The van der Waals surface area contributed by atoms with Crippen LogP contribution in [-0.2, 0) is 6.42 Å². The molecule has 1 nitrogen and oxygen atoms in total. The first-order chi connectivity index (χ1) is 9.15. The fourth-order valence-corrected chi connectivity index (χ4v) is 2.92. The van der Waals surface area contributed by atoms with Crippen LogP contribution in [0.5, 0.6) is 0 Å². The van der Waals surface area contributed by atoms with Crippen molar-refractivity contribution < 1.29 is 0 Å². The quantitative estimate of drug-likeness (QED) is 0.812. The fraction of sp³-hybridized carbons (Fsp3) is 0.375. The highest BCUT2D eigenvalue weighted by molar-refractivity contribution is 7.07. The lowest BCUT2D eigenvalue weighted by Gasteiger charge is -2.19. The first-order valence-electron chi connectivity index (χ1n) is 6.65. The van der Waals surface area contributed by atoms with Crippen molar-refractivity contribution in [3.63, 3.8) is 0 Å². The highest BCUT2D eigenvalue weighted by atomic mass is 35.5. The predicted octanol–water partition coefficient (Wildman–Crippen LogP) is 4.73. The van der Waals surface area contributed by atoms with E-state index in [0.717, 1.165) is 18.0 Å². The molecule has 0 saturated carbocycles. The summed E-state index contributed by atoms with van der Waals surface area (Å²) < 4.78 is 0. The Morgan fingerprint density at radius 2 is 1.89 bits per heavy atom. The Labute approximate surface area is 124 Å². The van der Waals surface area contributed by atoms with E-state index in [2.05, 4.69) is 48.1 Å². The molecule has 0 fully saturated rings. The van der Waals surface area contributed by atoms with Crippen LogP contribution in [0.1, 0.15) is 30.9 Å². The van der Waals surface area contributed by atoms with Crippen LogP contribution in [0.3, 0.4) is 0 Å². The highest BCUT2D eigenvalue weighted by Crippen LogP contribution is 2.23. The number of halogens is 1. The van der Waals surface area contributed by atoms with Gasteiger partial charge in [-0.2, -0.15) is 11.3 Å². The van der Waals surface area contributed by atoms with Gasteiger partial charge in [0.05, 0.1) is 0 Å². The molecule has 1 aromatic heterocycles. The van der Waals surface area contributed by atoms with Crippen LogP contribution in [0.4, 0.5) is 0 Å². The van der Waals surface area contributed by atoms with Crippen molar-refractivity contribution in [2.75, 3.05) is 6.54 Å². The molecule has 2 rings (SSSR count). The molecular weight excluding hydrogens is 274 g/mol. The predicted molar refractivity (Wildman–Crippen MR) is 85.4 cm³/mol. The molecule has 0 aliphatic heterocycles. The van der Waals surface area contributed by atoms with Crippen LogP contribution in [0, 0.1) is 0 Å².